The van der Waals surface area contributed by atoms with Gasteiger partial charge < -0.3 is 15.0 Å². The molecule has 1 saturated carbocycles. The summed E-state index contributed by atoms with van der Waals surface area (Å²) in [4.78, 5) is 29.1. The van der Waals surface area contributed by atoms with Crippen LogP contribution in [-0.4, -0.2) is 59.9 Å². The number of para-hydroxylation sites is 1. The summed E-state index contributed by atoms with van der Waals surface area (Å²) in [5.41, 5.74) is 1.24. The Balaban J connectivity index is 1.23. The van der Waals surface area contributed by atoms with Crippen molar-refractivity contribution >= 4 is 11.8 Å². The van der Waals surface area contributed by atoms with Crippen LogP contribution in [0.1, 0.15) is 51.5 Å². The van der Waals surface area contributed by atoms with E-state index in [4.69, 9.17) is 4.74 Å². The smallest absolute Gasteiger partial charge is 0.225 e. The average molecular weight is 414 g/mol. The Labute approximate surface area is 179 Å². The lowest BCUT2D eigenvalue weighted by Gasteiger charge is -2.34. The van der Waals surface area contributed by atoms with Crippen LogP contribution >= 0.6 is 0 Å². The molecule has 0 radical (unpaired) electrons. The molecule has 2 aliphatic heterocycles. The minimum Gasteiger partial charge on any atom is -0.491 e. The minimum absolute atomic E-state index is 0.0745. The second-order valence-electron chi connectivity index (χ2n) is 9.48. The number of nitrogens with one attached hydrogen (secondary N) is 1. The summed E-state index contributed by atoms with van der Waals surface area (Å²) in [6.07, 6.45) is 4.91. The topological polar surface area (TPSA) is 61.9 Å². The van der Waals surface area contributed by atoms with Crippen molar-refractivity contribution in [3.8, 4) is 5.75 Å². The van der Waals surface area contributed by atoms with Gasteiger partial charge in [0.25, 0.3) is 0 Å². The van der Waals surface area contributed by atoms with Gasteiger partial charge in [-0.05, 0) is 64.6 Å². The predicted octanol–water partition coefficient (Wildman–Crippen LogP) is 2.81. The summed E-state index contributed by atoms with van der Waals surface area (Å²) in [6.45, 7) is 8.48. The molecule has 0 unspecified atom stereocenters. The summed E-state index contributed by atoms with van der Waals surface area (Å²) in [5.74, 6) is 1.57. The van der Waals surface area contributed by atoms with E-state index < -0.39 is 0 Å². The maximum Gasteiger partial charge on any atom is 0.225 e. The zero-order valence-corrected chi connectivity index (χ0v) is 18.3. The predicted molar refractivity (Wildman–Crippen MR) is 116 cm³/mol. The molecule has 1 atom stereocenters. The van der Waals surface area contributed by atoms with Crippen molar-refractivity contribution in [2.24, 2.45) is 11.8 Å². The number of carbonyl (C=O) groups excluding carboxylic acids is 2. The first-order chi connectivity index (χ1) is 14.5. The first-order valence-electron chi connectivity index (χ1n) is 11.5. The van der Waals surface area contributed by atoms with Crippen LogP contribution in [0, 0.1) is 11.8 Å². The molecule has 0 spiro atoms. The lowest BCUT2D eigenvalue weighted by atomic mass is 9.95. The van der Waals surface area contributed by atoms with Crippen LogP contribution in [0.5, 0.6) is 5.75 Å². The standard InChI is InChI=1S/C24H35N3O3/c1-17(2)30-22-6-4-3-5-19(22)15-26-11-9-18(10-12-26)14-27-16-20(13-23(27)28)24(29)25-21-7-8-21/h3-6,17-18,20-21H,7-16H2,1-2H3,(H,25,29)/t20-/m0/s1. The number of hydrogen-bond donors (Lipinski definition) is 1. The zero-order chi connectivity index (χ0) is 21.1. The fraction of sp³-hybridized carbons (Fsp3) is 0.667. The Bertz CT molecular complexity index is 754. The Morgan fingerprint density at radius 3 is 2.60 bits per heavy atom. The highest BCUT2D eigenvalue weighted by Gasteiger charge is 2.37. The first-order valence-corrected chi connectivity index (χ1v) is 11.5. The highest BCUT2D eigenvalue weighted by molar-refractivity contribution is 5.89. The minimum atomic E-state index is -0.157. The third-order valence-electron chi connectivity index (χ3n) is 6.42. The van der Waals surface area contributed by atoms with E-state index in [9.17, 15) is 9.59 Å². The number of nitrogens with zero attached hydrogens (tertiary/aromatic N) is 2. The Morgan fingerprint density at radius 2 is 1.90 bits per heavy atom. The lowest BCUT2D eigenvalue weighted by Crippen LogP contribution is -2.39. The number of likely N-dealkylation sites (tertiary alicyclic amines) is 2. The van der Waals surface area contributed by atoms with E-state index in [1.165, 1.54) is 5.56 Å². The van der Waals surface area contributed by atoms with Crippen LogP contribution < -0.4 is 10.1 Å². The van der Waals surface area contributed by atoms with E-state index in [1.54, 1.807) is 0 Å². The van der Waals surface area contributed by atoms with Gasteiger partial charge in [-0.25, -0.2) is 0 Å². The van der Waals surface area contributed by atoms with Crippen LogP contribution in [0.4, 0.5) is 0 Å². The molecule has 6 heteroatoms. The molecule has 2 amide bonds. The van der Waals surface area contributed by atoms with Crippen LogP contribution in [0.3, 0.4) is 0 Å². The van der Waals surface area contributed by atoms with Crippen molar-refractivity contribution in [1.82, 2.24) is 15.1 Å². The van der Waals surface area contributed by atoms with E-state index in [2.05, 4.69) is 42.3 Å². The molecule has 164 valence electrons. The SMILES string of the molecule is CC(C)Oc1ccccc1CN1CCC(CN2C[C@@H](C(=O)NC3CC3)CC2=O)CC1. The quantitative estimate of drug-likeness (QED) is 0.712. The fourth-order valence-electron chi connectivity index (χ4n) is 4.55. The van der Waals surface area contributed by atoms with Gasteiger partial charge in [-0.15, -0.1) is 0 Å². The summed E-state index contributed by atoms with van der Waals surface area (Å²) in [6, 6.07) is 8.67. The molecule has 30 heavy (non-hydrogen) atoms. The van der Waals surface area contributed by atoms with Crippen molar-refractivity contribution in [1.29, 1.82) is 0 Å². The van der Waals surface area contributed by atoms with Gasteiger partial charge in [0.05, 0.1) is 12.0 Å². The number of hydrogen-bond acceptors (Lipinski definition) is 4. The van der Waals surface area contributed by atoms with E-state index >= 15 is 0 Å². The molecule has 1 aromatic rings. The van der Waals surface area contributed by atoms with Gasteiger partial charge in [-0.3, -0.25) is 14.5 Å². The van der Waals surface area contributed by atoms with Gasteiger partial charge in [0, 0.05) is 37.7 Å². The summed E-state index contributed by atoms with van der Waals surface area (Å²) in [5, 5.41) is 3.05. The summed E-state index contributed by atoms with van der Waals surface area (Å²) >= 11 is 0. The largest absolute Gasteiger partial charge is 0.491 e. The second kappa shape index (κ2) is 9.38. The van der Waals surface area contributed by atoms with Crippen molar-refractivity contribution in [2.75, 3.05) is 26.2 Å². The highest BCUT2D eigenvalue weighted by atomic mass is 16.5. The second-order valence-corrected chi connectivity index (χ2v) is 9.48. The van der Waals surface area contributed by atoms with E-state index in [0.717, 1.165) is 57.6 Å². The lowest BCUT2D eigenvalue weighted by molar-refractivity contribution is -0.129. The van der Waals surface area contributed by atoms with Gasteiger partial charge >= 0.3 is 0 Å². The molecule has 1 aromatic carbocycles. The summed E-state index contributed by atoms with van der Waals surface area (Å²) < 4.78 is 5.96. The third kappa shape index (κ3) is 5.54. The van der Waals surface area contributed by atoms with Crippen molar-refractivity contribution in [2.45, 2.75) is 64.6 Å². The molecular weight excluding hydrogens is 378 g/mol. The number of piperidine rings is 1. The third-order valence-corrected chi connectivity index (χ3v) is 6.42. The van der Waals surface area contributed by atoms with E-state index in [-0.39, 0.29) is 23.8 Å². The van der Waals surface area contributed by atoms with E-state index in [1.807, 2.05) is 11.0 Å². The summed E-state index contributed by atoms with van der Waals surface area (Å²) in [7, 11) is 0. The van der Waals surface area contributed by atoms with Crippen LogP contribution in [0.2, 0.25) is 0 Å². The van der Waals surface area contributed by atoms with Crippen LogP contribution in [0.25, 0.3) is 0 Å². The molecule has 3 fully saturated rings. The van der Waals surface area contributed by atoms with E-state index in [0.29, 0.717) is 24.9 Å². The first kappa shape index (κ1) is 21.2. The molecule has 2 heterocycles. The average Bonchev–Trinajstić information content (AvgIpc) is 3.45. The molecule has 0 aromatic heterocycles. The normalized spacial score (nSPS) is 23.2. The Morgan fingerprint density at radius 1 is 1.17 bits per heavy atom. The Kier molecular flexibility index (Phi) is 6.61. The number of benzene rings is 1. The Hall–Kier alpha value is -2.08. The van der Waals surface area contributed by atoms with Gasteiger partial charge in [-0.2, -0.15) is 0 Å². The molecule has 6 nitrogen and oxygen atoms in total. The van der Waals surface area contributed by atoms with Crippen molar-refractivity contribution in [3.05, 3.63) is 29.8 Å². The number of amides is 2. The molecular formula is C24H35N3O3. The number of rotatable bonds is 8. The zero-order valence-electron chi connectivity index (χ0n) is 18.3. The van der Waals surface area contributed by atoms with Gasteiger partial charge in [0.15, 0.2) is 0 Å². The maximum atomic E-state index is 12.4. The number of ether oxygens (including phenoxy) is 1. The van der Waals surface area contributed by atoms with Gasteiger partial charge in [0.2, 0.25) is 11.8 Å². The molecule has 2 saturated heterocycles. The van der Waals surface area contributed by atoms with Crippen LogP contribution in [-0.2, 0) is 16.1 Å². The molecule has 1 N–H and O–H groups in total. The van der Waals surface area contributed by atoms with Crippen molar-refractivity contribution in [3.63, 3.8) is 0 Å². The van der Waals surface area contributed by atoms with Gasteiger partial charge in [-0.1, -0.05) is 18.2 Å². The molecule has 3 aliphatic rings. The van der Waals surface area contributed by atoms with Crippen molar-refractivity contribution < 1.29 is 14.3 Å². The maximum absolute atomic E-state index is 12.4. The fourth-order valence-corrected chi connectivity index (χ4v) is 4.55. The molecule has 0 bridgehead atoms. The highest BCUT2D eigenvalue weighted by Crippen LogP contribution is 2.27. The molecule has 4 rings (SSSR count). The number of carbonyl (C=O) groups is 2. The molecule has 1 aliphatic carbocycles. The monoisotopic (exact) mass is 413 g/mol. The van der Waals surface area contributed by atoms with Crippen LogP contribution in [0.15, 0.2) is 24.3 Å². The van der Waals surface area contributed by atoms with Gasteiger partial charge in [0.1, 0.15) is 5.75 Å².